The molecule has 0 aliphatic carbocycles. The number of nitrogens with one attached hydrogen (secondary N) is 1. The number of amides is 1. The summed E-state index contributed by atoms with van der Waals surface area (Å²) in [7, 11) is 1.66. The summed E-state index contributed by atoms with van der Waals surface area (Å²) in [5.41, 5.74) is 5.44. The van der Waals surface area contributed by atoms with Gasteiger partial charge in [0, 0.05) is 34.7 Å². The van der Waals surface area contributed by atoms with E-state index in [1.165, 1.54) is 12.8 Å². The van der Waals surface area contributed by atoms with Crippen LogP contribution in [0.15, 0.2) is 47.1 Å². The molecule has 0 saturated carbocycles. The maximum absolute atomic E-state index is 12.5. The molecule has 0 aliphatic heterocycles. The van der Waals surface area contributed by atoms with Crippen LogP contribution < -0.4 is 14.8 Å². The summed E-state index contributed by atoms with van der Waals surface area (Å²) < 4.78 is 17.4. The van der Waals surface area contributed by atoms with Gasteiger partial charge in [-0.2, -0.15) is 0 Å². The van der Waals surface area contributed by atoms with Crippen molar-refractivity contribution in [3.63, 3.8) is 0 Å². The fourth-order valence-corrected chi connectivity index (χ4v) is 4.04. The second kappa shape index (κ2) is 11.6. The molecule has 0 bridgehead atoms. The molecular formula is C28H35NO4. The minimum Gasteiger partial charge on any atom is -0.497 e. The van der Waals surface area contributed by atoms with Crippen LogP contribution in [0.5, 0.6) is 11.5 Å². The summed E-state index contributed by atoms with van der Waals surface area (Å²) >= 11 is 0. The van der Waals surface area contributed by atoms with Crippen molar-refractivity contribution >= 4 is 22.4 Å². The monoisotopic (exact) mass is 449 g/mol. The van der Waals surface area contributed by atoms with Gasteiger partial charge in [-0.3, -0.25) is 4.79 Å². The Balaban J connectivity index is 1.99. The van der Waals surface area contributed by atoms with Gasteiger partial charge in [-0.15, -0.1) is 0 Å². The zero-order valence-electron chi connectivity index (χ0n) is 20.4. The number of allylic oxidation sites excluding steroid dienone is 1. The number of furan rings is 1. The normalized spacial score (nSPS) is 11.6. The molecule has 0 atom stereocenters. The van der Waals surface area contributed by atoms with Crippen LogP contribution in [0, 0.1) is 6.92 Å². The topological polar surface area (TPSA) is 60.7 Å². The molecule has 176 valence electrons. The third kappa shape index (κ3) is 5.78. The van der Waals surface area contributed by atoms with Gasteiger partial charge in [0.25, 0.3) is 0 Å². The van der Waals surface area contributed by atoms with Crippen LogP contribution >= 0.6 is 0 Å². The molecule has 5 nitrogen and oxygen atoms in total. The van der Waals surface area contributed by atoms with E-state index < -0.39 is 0 Å². The molecule has 0 radical (unpaired) electrons. The van der Waals surface area contributed by atoms with Crippen molar-refractivity contribution in [2.45, 2.75) is 53.4 Å². The van der Waals surface area contributed by atoms with Gasteiger partial charge in [0.05, 0.1) is 20.0 Å². The molecule has 33 heavy (non-hydrogen) atoms. The summed E-state index contributed by atoms with van der Waals surface area (Å²) in [5, 5.41) is 3.98. The van der Waals surface area contributed by atoms with Crippen LogP contribution in [0.3, 0.4) is 0 Å². The lowest BCUT2D eigenvalue weighted by molar-refractivity contribution is -0.116. The van der Waals surface area contributed by atoms with Gasteiger partial charge in [0.2, 0.25) is 5.91 Å². The molecule has 1 aromatic heterocycles. The number of rotatable bonds is 11. The lowest BCUT2D eigenvalue weighted by Crippen LogP contribution is -2.22. The SMILES string of the molecule is CCCCCCNC(=O)/C=C(\C)c1cc2c(-c3cccc(OC)c3)coc2c(C)c1OCC. The third-order valence-electron chi connectivity index (χ3n) is 5.82. The summed E-state index contributed by atoms with van der Waals surface area (Å²) in [6.07, 6.45) is 7.95. The van der Waals surface area contributed by atoms with Crippen LogP contribution in [-0.2, 0) is 4.79 Å². The van der Waals surface area contributed by atoms with Crippen molar-refractivity contribution in [3.05, 3.63) is 53.8 Å². The maximum atomic E-state index is 12.5. The van der Waals surface area contributed by atoms with Gasteiger partial charge < -0.3 is 19.2 Å². The molecular weight excluding hydrogens is 414 g/mol. The Bertz CT molecular complexity index is 1130. The molecule has 5 heteroatoms. The van der Waals surface area contributed by atoms with E-state index in [4.69, 9.17) is 13.9 Å². The molecule has 2 aromatic carbocycles. The number of ether oxygens (including phenoxy) is 2. The van der Waals surface area contributed by atoms with Gasteiger partial charge in [-0.1, -0.05) is 38.3 Å². The van der Waals surface area contributed by atoms with Crippen LogP contribution in [0.4, 0.5) is 0 Å². The molecule has 0 saturated heterocycles. The first-order chi connectivity index (χ1) is 16.0. The fourth-order valence-electron chi connectivity index (χ4n) is 4.04. The second-order valence-corrected chi connectivity index (χ2v) is 8.25. The lowest BCUT2D eigenvalue weighted by Gasteiger charge is -2.15. The van der Waals surface area contributed by atoms with Crippen molar-refractivity contribution < 1.29 is 18.7 Å². The van der Waals surface area contributed by atoms with Crippen molar-refractivity contribution in [1.29, 1.82) is 0 Å². The van der Waals surface area contributed by atoms with E-state index in [-0.39, 0.29) is 5.91 Å². The Labute approximate surface area is 196 Å². The first kappa shape index (κ1) is 24.4. The van der Waals surface area contributed by atoms with Crippen molar-refractivity contribution in [3.8, 4) is 22.6 Å². The van der Waals surface area contributed by atoms with Gasteiger partial charge in [0.15, 0.2) is 0 Å². The molecule has 1 heterocycles. The Morgan fingerprint density at radius 1 is 1.15 bits per heavy atom. The van der Waals surface area contributed by atoms with Crippen LogP contribution in [-0.4, -0.2) is 26.2 Å². The summed E-state index contributed by atoms with van der Waals surface area (Å²) in [5.74, 6) is 1.46. The first-order valence-corrected chi connectivity index (χ1v) is 11.8. The largest absolute Gasteiger partial charge is 0.497 e. The van der Waals surface area contributed by atoms with Gasteiger partial charge in [-0.25, -0.2) is 0 Å². The van der Waals surface area contributed by atoms with Crippen LogP contribution in [0.2, 0.25) is 0 Å². The quantitative estimate of drug-likeness (QED) is 0.255. The number of benzene rings is 2. The zero-order valence-corrected chi connectivity index (χ0v) is 20.4. The number of fused-ring (bicyclic) bond motifs is 1. The predicted octanol–water partition coefficient (Wildman–Crippen LogP) is 6.92. The number of hydrogen-bond acceptors (Lipinski definition) is 4. The van der Waals surface area contributed by atoms with Gasteiger partial charge in [0.1, 0.15) is 17.1 Å². The third-order valence-corrected chi connectivity index (χ3v) is 5.82. The van der Waals surface area contributed by atoms with E-state index in [1.54, 1.807) is 19.4 Å². The molecule has 1 N–H and O–H groups in total. The van der Waals surface area contributed by atoms with E-state index in [0.29, 0.717) is 13.2 Å². The molecule has 0 spiro atoms. The minimum absolute atomic E-state index is 0.0793. The Hall–Kier alpha value is -3.21. The average molecular weight is 450 g/mol. The smallest absolute Gasteiger partial charge is 0.244 e. The highest BCUT2D eigenvalue weighted by atomic mass is 16.5. The molecule has 0 unspecified atom stereocenters. The fraction of sp³-hybridized carbons (Fsp3) is 0.393. The number of hydrogen-bond donors (Lipinski definition) is 1. The van der Waals surface area contributed by atoms with E-state index in [1.807, 2.05) is 45.0 Å². The number of aryl methyl sites for hydroxylation is 1. The Morgan fingerprint density at radius 3 is 2.70 bits per heavy atom. The standard InChI is InChI=1S/C28H35NO4/c1-6-8-9-10-14-29-26(30)15-19(3)23-17-24-25(21-12-11-13-22(16-21)31-5)18-33-28(24)20(4)27(23)32-7-2/h11-13,15-18H,6-10,14H2,1-5H3,(H,29,30)/b19-15+. The van der Waals surface area contributed by atoms with E-state index in [9.17, 15) is 4.79 Å². The first-order valence-electron chi connectivity index (χ1n) is 11.8. The summed E-state index contributed by atoms with van der Waals surface area (Å²) in [6, 6.07) is 9.97. The molecule has 0 aliphatic rings. The number of methoxy groups -OCH3 is 1. The summed E-state index contributed by atoms with van der Waals surface area (Å²) in [4.78, 5) is 12.5. The van der Waals surface area contributed by atoms with Crippen molar-refractivity contribution in [2.24, 2.45) is 0 Å². The highest BCUT2D eigenvalue weighted by molar-refractivity contribution is 6.01. The van der Waals surface area contributed by atoms with E-state index >= 15 is 0 Å². The van der Waals surface area contributed by atoms with Gasteiger partial charge >= 0.3 is 0 Å². The zero-order chi connectivity index (χ0) is 23.8. The molecule has 1 amide bonds. The predicted molar refractivity (Wildman–Crippen MR) is 135 cm³/mol. The maximum Gasteiger partial charge on any atom is 0.244 e. The molecule has 0 fully saturated rings. The van der Waals surface area contributed by atoms with E-state index in [2.05, 4.69) is 18.3 Å². The highest BCUT2D eigenvalue weighted by Crippen LogP contribution is 2.41. The van der Waals surface area contributed by atoms with Crippen molar-refractivity contribution in [1.82, 2.24) is 5.32 Å². The minimum atomic E-state index is -0.0793. The highest BCUT2D eigenvalue weighted by Gasteiger charge is 2.19. The van der Waals surface area contributed by atoms with Crippen LogP contribution in [0.1, 0.15) is 57.6 Å². The second-order valence-electron chi connectivity index (χ2n) is 8.25. The Kier molecular flexibility index (Phi) is 8.58. The lowest BCUT2D eigenvalue weighted by atomic mass is 9.96. The number of carbonyl (C=O) groups is 1. The summed E-state index contributed by atoms with van der Waals surface area (Å²) in [6.45, 7) is 9.31. The molecule has 3 rings (SSSR count). The Morgan fingerprint density at radius 2 is 1.97 bits per heavy atom. The number of unbranched alkanes of at least 4 members (excludes halogenated alkanes) is 3. The van der Waals surface area contributed by atoms with Crippen molar-refractivity contribution in [2.75, 3.05) is 20.3 Å². The van der Waals surface area contributed by atoms with Gasteiger partial charge in [-0.05, 0) is 56.5 Å². The van der Waals surface area contributed by atoms with E-state index in [0.717, 1.165) is 63.1 Å². The van der Waals surface area contributed by atoms with Crippen LogP contribution in [0.25, 0.3) is 27.7 Å². The average Bonchev–Trinajstić information content (AvgIpc) is 3.25. The number of carbonyl (C=O) groups excluding carboxylic acids is 1. The molecule has 3 aromatic rings.